The summed E-state index contributed by atoms with van der Waals surface area (Å²) in [6.07, 6.45) is -4.96. The number of para-hydroxylation sites is 2. The summed E-state index contributed by atoms with van der Waals surface area (Å²) in [4.78, 5) is 12.4. The molecule has 0 fully saturated rings. The molecule has 3 aromatic rings. The number of fused-ring (bicyclic) bond motifs is 1. The normalized spacial score (nSPS) is 11.6. The van der Waals surface area contributed by atoms with Crippen LogP contribution in [0.15, 0.2) is 57.7 Å². The first kappa shape index (κ1) is 15.0. The van der Waals surface area contributed by atoms with E-state index in [1.54, 1.807) is 18.2 Å². The number of benzene rings is 2. The molecule has 0 spiro atoms. The second-order valence-corrected chi connectivity index (χ2v) is 4.66. The number of phenols is 1. The fourth-order valence-corrected chi connectivity index (χ4v) is 2.07. The molecule has 0 aliphatic rings. The molecule has 0 aliphatic heterocycles. The summed E-state index contributed by atoms with van der Waals surface area (Å²) in [7, 11) is 0. The van der Waals surface area contributed by atoms with Crippen LogP contribution < -0.4 is 10.2 Å². The number of ether oxygens (including phenoxy) is 1. The quantitative estimate of drug-likeness (QED) is 0.764. The van der Waals surface area contributed by atoms with Gasteiger partial charge >= 0.3 is 6.18 Å². The van der Waals surface area contributed by atoms with Crippen LogP contribution in [0.25, 0.3) is 11.0 Å². The summed E-state index contributed by atoms with van der Waals surface area (Å²) in [5.74, 6) is -3.07. The molecule has 0 saturated heterocycles. The van der Waals surface area contributed by atoms with Crippen molar-refractivity contribution in [3.8, 4) is 17.2 Å². The van der Waals surface area contributed by atoms with Crippen LogP contribution in [0, 0.1) is 0 Å². The van der Waals surface area contributed by atoms with Gasteiger partial charge in [0, 0.05) is 0 Å². The molecular weight excluding hydrogens is 313 g/mol. The van der Waals surface area contributed by atoms with E-state index >= 15 is 0 Å². The van der Waals surface area contributed by atoms with Crippen molar-refractivity contribution >= 4 is 11.0 Å². The van der Waals surface area contributed by atoms with Gasteiger partial charge in [0.2, 0.25) is 11.2 Å². The summed E-state index contributed by atoms with van der Waals surface area (Å²) in [5.41, 5.74) is -1.55. The number of phenolic OH excluding ortho intramolecular Hbond substituents is 1. The van der Waals surface area contributed by atoms with E-state index in [2.05, 4.69) is 0 Å². The fourth-order valence-electron chi connectivity index (χ4n) is 2.07. The summed E-state index contributed by atoms with van der Waals surface area (Å²) >= 11 is 0. The summed E-state index contributed by atoms with van der Waals surface area (Å²) in [6, 6.07) is 11.3. The Kier molecular flexibility index (Phi) is 3.48. The molecule has 0 aliphatic carbocycles. The van der Waals surface area contributed by atoms with Gasteiger partial charge in [-0.25, -0.2) is 0 Å². The highest BCUT2D eigenvalue weighted by molar-refractivity contribution is 5.83. The highest BCUT2D eigenvalue weighted by atomic mass is 19.4. The van der Waals surface area contributed by atoms with E-state index < -0.39 is 34.4 Å². The first-order valence-corrected chi connectivity index (χ1v) is 6.47. The van der Waals surface area contributed by atoms with E-state index in [4.69, 9.17) is 9.15 Å². The predicted molar refractivity (Wildman–Crippen MR) is 75.7 cm³/mol. The molecule has 1 heterocycles. The van der Waals surface area contributed by atoms with E-state index in [0.717, 1.165) is 6.07 Å². The van der Waals surface area contributed by atoms with E-state index in [-0.39, 0.29) is 11.1 Å². The Morgan fingerprint density at radius 3 is 2.35 bits per heavy atom. The van der Waals surface area contributed by atoms with E-state index in [0.29, 0.717) is 0 Å². The van der Waals surface area contributed by atoms with Crippen LogP contribution in [-0.2, 0) is 6.18 Å². The van der Waals surface area contributed by atoms with Gasteiger partial charge < -0.3 is 14.3 Å². The molecule has 0 bridgehead atoms. The first-order valence-electron chi connectivity index (χ1n) is 6.47. The molecule has 118 valence electrons. The predicted octanol–water partition coefficient (Wildman–Crippen LogP) is 4.31. The lowest BCUT2D eigenvalue weighted by molar-refractivity contribution is -0.154. The van der Waals surface area contributed by atoms with Crippen LogP contribution in [0.3, 0.4) is 0 Å². The van der Waals surface area contributed by atoms with Gasteiger partial charge in [-0.15, -0.1) is 0 Å². The molecule has 7 heteroatoms. The Balaban J connectivity index is 2.30. The number of aromatic hydroxyl groups is 1. The van der Waals surface area contributed by atoms with Gasteiger partial charge in [0.05, 0.1) is 5.39 Å². The summed E-state index contributed by atoms with van der Waals surface area (Å²) in [5, 5.41) is 9.42. The lowest BCUT2D eigenvalue weighted by Crippen LogP contribution is -2.15. The Morgan fingerprint density at radius 1 is 1.00 bits per heavy atom. The van der Waals surface area contributed by atoms with Crippen molar-refractivity contribution in [3.63, 3.8) is 0 Å². The minimum Gasteiger partial charge on any atom is -0.504 e. The lowest BCUT2D eigenvalue weighted by atomic mass is 10.2. The minimum absolute atomic E-state index is 0.0600. The lowest BCUT2D eigenvalue weighted by Gasteiger charge is -2.13. The maximum atomic E-state index is 13.2. The van der Waals surface area contributed by atoms with Crippen LogP contribution in [0.4, 0.5) is 13.2 Å². The van der Waals surface area contributed by atoms with Gasteiger partial charge in [-0.05, 0) is 24.3 Å². The van der Waals surface area contributed by atoms with Crippen LogP contribution in [0.1, 0.15) is 5.76 Å². The van der Waals surface area contributed by atoms with Gasteiger partial charge in [-0.1, -0.05) is 24.3 Å². The summed E-state index contributed by atoms with van der Waals surface area (Å²) < 4.78 is 49.4. The number of hydrogen-bond donors (Lipinski definition) is 1. The van der Waals surface area contributed by atoms with E-state index in [1.807, 2.05) is 0 Å². The monoisotopic (exact) mass is 322 g/mol. The first-order chi connectivity index (χ1) is 10.9. The van der Waals surface area contributed by atoms with Crippen LogP contribution in [0.2, 0.25) is 0 Å². The molecule has 4 nitrogen and oxygen atoms in total. The maximum absolute atomic E-state index is 13.2. The highest BCUT2D eigenvalue weighted by Crippen LogP contribution is 2.39. The fraction of sp³-hybridized carbons (Fsp3) is 0.0625. The largest absolute Gasteiger partial charge is 0.504 e. The van der Waals surface area contributed by atoms with Gasteiger partial charge in [-0.3, -0.25) is 4.79 Å². The molecule has 1 N–H and O–H groups in total. The Bertz CT molecular complexity index is 914. The third kappa shape index (κ3) is 2.73. The number of hydrogen-bond acceptors (Lipinski definition) is 4. The van der Waals surface area contributed by atoms with Crippen molar-refractivity contribution in [2.45, 2.75) is 6.18 Å². The zero-order chi connectivity index (χ0) is 16.6. The van der Waals surface area contributed by atoms with Crippen molar-refractivity contribution < 1.29 is 27.4 Å². The Morgan fingerprint density at radius 2 is 1.70 bits per heavy atom. The summed E-state index contributed by atoms with van der Waals surface area (Å²) in [6.45, 7) is 0. The Labute approximate surface area is 127 Å². The SMILES string of the molecule is O=c1c(Oc2ccccc2)c(C(F)(F)F)oc2c(O)cccc12. The molecule has 0 atom stereocenters. The van der Waals surface area contributed by atoms with Crippen molar-refractivity contribution in [2.75, 3.05) is 0 Å². The molecule has 0 saturated carbocycles. The minimum atomic E-state index is -4.96. The van der Waals surface area contributed by atoms with Crippen LogP contribution in [-0.4, -0.2) is 5.11 Å². The number of rotatable bonds is 2. The van der Waals surface area contributed by atoms with Crippen molar-refractivity contribution in [3.05, 3.63) is 64.5 Å². The molecule has 0 amide bonds. The third-order valence-electron chi connectivity index (χ3n) is 3.08. The topological polar surface area (TPSA) is 59.7 Å². The smallest absolute Gasteiger partial charge is 0.453 e. The molecule has 1 aromatic heterocycles. The zero-order valence-corrected chi connectivity index (χ0v) is 11.4. The van der Waals surface area contributed by atoms with Crippen LogP contribution >= 0.6 is 0 Å². The highest BCUT2D eigenvalue weighted by Gasteiger charge is 2.40. The van der Waals surface area contributed by atoms with Gasteiger partial charge in [0.25, 0.3) is 5.76 Å². The van der Waals surface area contributed by atoms with E-state index in [1.165, 1.54) is 24.3 Å². The average Bonchev–Trinajstić information content (AvgIpc) is 2.50. The molecular formula is C16H9F3O4. The molecule has 2 aromatic carbocycles. The second kappa shape index (κ2) is 5.35. The standard InChI is InChI=1S/C16H9F3O4/c17-16(18,19)15-14(22-9-5-2-1-3-6-9)12(21)10-7-4-8-11(20)13(10)23-15/h1-8,20H. The second-order valence-electron chi connectivity index (χ2n) is 4.66. The van der Waals surface area contributed by atoms with Gasteiger partial charge in [0.15, 0.2) is 11.3 Å². The number of halogens is 3. The Hall–Kier alpha value is -2.96. The van der Waals surface area contributed by atoms with Crippen molar-refractivity contribution in [1.82, 2.24) is 0 Å². The van der Waals surface area contributed by atoms with Gasteiger partial charge in [-0.2, -0.15) is 13.2 Å². The molecule has 0 unspecified atom stereocenters. The van der Waals surface area contributed by atoms with Crippen molar-refractivity contribution in [2.24, 2.45) is 0 Å². The van der Waals surface area contributed by atoms with Gasteiger partial charge in [0.1, 0.15) is 5.75 Å². The maximum Gasteiger partial charge on any atom is 0.453 e. The average molecular weight is 322 g/mol. The molecule has 0 radical (unpaired) electrons. The van der Waals surface area contributed by atoms with Crippen molar-refractivity contribution in [1.29, 1.82) is 0 Å². The number of alkyl halides is 3. The third-order valence-corrected chi connectivity index (χ3v) is 3.08. The van der Waals surface area contributed by atoms with Crippen LogP contribution in [0.5, 0.6) is 17.2 Å². The molecule has 23 heavy (non-hydrogen) atoms. The van der Waals surface area contributed by atoms with E-state index in [9.17, 15) is 23.1 Å². The zero-order valence-electron chi connectivity index (χ0n) is 11.4. The molecule has 3 rings (SSSR count).